The summed E-state index contributed by atoms with van der Waals surface area (Å²) in [4.78, 5) is 0. The van der Waals surface area contributed by atoms with E-state index in [2.05, 4.69) is 11.8 Å². The molecule has 0 aromatic heterocycles. The van der Waals surface area contributed by atoms with E-state index in [1.807, 2.05) is 0 Å². The maximum Gasteiger partial charge on any atom is 0.190 e. The van der Waals surface area contributed by atoms with E-state index in [0.717, 1.165) is 12.1 Å². The van der Waals surface area contributed by atoms with Crippen LogP contribution in [-0.2, 0) is 0 Å². The van der Waals surface area contributed by atoms with Crippen molar-refractivity contribution >= 4 is 0 Å². The van der Waals surface area contributed by atoms with Gasteiger partial charge in [-0.05, 0) is 12.1 Å². The Morgan fingerprint density at radius 2 is 1.70 bits per heavy atom. The lowest BCUT2D eigenvalue weighted by Gasteiger charge is -2.00. The summed E-state index contributed by atoms with van der Waals surface area (Å²) < 4.78 is 29.1. The van der Waals surface area contributed by atoms with Crippen LogP contribution in [-0.4, -0.2) is 0 Å². The van der Waals surface area contributed by atoms with Crippen LogP contribution >= 0.6 is 0 Å². The lowest BCUT2D eigenvalue weighted by molar-refractivity contribution is 0.400. The molecular weight excluding hydrogens is 138 g/mol. The predicted molar refractivity (Wildman–Crippen MR) is 32.3 cm³/mol. The molecule has 0 saturated carbocycles. The van der Waals surface area contributed by atoms with Gasteiger partial charge in [-0.1, -0.05) is 6.07 Å². The van der Waals surface area contributed by atoms with Crippen LogP contribution in [0, 0.1) is 18.7 Å². The minimum atomic E-state index is -0.741. The second kappa shape index (κ2) is 2.64. The van der Waals surface area contributed by atoms with Crippen LogP contribution in [0.4, 0.5) is 8.78 Å². The predicted octanol–water partition coefficient (Wildman–Crippen LogP) is 2.14. The number of hydrogen-bond acceptors (Lipinski definition) is 1. The Morgan fingerprint density at radius 1 is 1.20 bits per heavy atom. The summed E-state index contributed by atoms with van der Waals surface area (Å²) in [5.74, 6) is -1.92. The van der Waals surface area contributed by atoms with Crippen LogP contribution in [0.2, 0.25) is 0 Å². The van der Waals surface area contributed by atoms with Gasteiger partial charge in [-0.25, -0.2) is 8.78 Å². The van der Waals surface area contributed by atoms with Gasteiger partial charge in [0.25, 0.3) is 0 Å². The Bertz CT molecular complexity index is 215. The SMILES string of the molecule is [CH2]Oc1c(F)cccc1F. The molecule has 0 amide bonds. The van der Waals surface area contributed by atoms with Crippen molar-refractivity contribution < 1.29 is 13.5 Å². The van der Waals surface area contributed by atoms with E-state index in [1.54, 1.807) is 0 Å². The van der Waals surface area contributed by atoms with Gasteiger partial charge in [0, 0.05) is 0 Å². The molecule has 1 nitrogen and oxygen atoms in total. The standard InChI is InChI=1S/C7H5F2O/c1-10-7-5(8)3-2-4-6(7)9/h2-4H,1H2. The smallest absolute Gasteiger partial charge is 0.190 e. The van der Waals surface area contributed by atoms with Gasteiger partial charge in [0.2, 0.25) is 0 Å². The molecule has 0 fully saturated rings. The van der Waals surface area contributed by atoms with Crippen molar-refractivity contribution in [3.8, 4) is 5.75 Å². The molecule has 0 atom stereocenters. The number of halogens is 2. The zero-order valence-electron chi connectivity index (χ0n) is 5.10. The molecule has 0 heterocycles. The normalized spacial score (nSPS) is 9.50. The highest BCUT2D eigenvalue weighted by atomic mass is 19.1. The van der Waals surface area contributed by atoms with Crippen LogP contribution in [0.5, 0.6) is 5.75 Å². The van der Waals surface area contributed by atoms with Gasteiger partial charge in [0.05, 0.1) is 0 Å². The van der Waals surface area contributed by atoms with Crippen molar-refractivity contribution in [2.45, 2.75) is 0 Å². The Balaban J connectivity index is 3.17. The zero-order chi connectivity index (χ0) is 7.56. The fraction of sp³-hybridized carbons (Fsp3) is 0. The maximum atomic E-state index is 12.4. The second-order valence-corrected chi connectivity index (χ2v) is 1.70. The van der Waals surface area contributed by atoms with Crippen molar-refractivity contribution in [2.24, 2.45) is 0 Å². The summed E-state index contributed by atoms with van der Waals surface area (Å²) in [5.41, 5.74) is 0. The van der Waals surface area contributed by atoms with Gasteiger partial charge in [-0.15, -0.1) is 0 Å². The van der Waals surface area contributed by atoms with Gasteiger partial charge >= 0.3 is 0 Å². The first-order valence-corrected chi connectivity index (χ1v) is 2.61. The van der Waals surface area contributed by atoms with Crippen LogP contribution < -0.4 is 4.74 Å². The van der Waals surface area contributed by atoms with Crippen molar-refractivity contribution in [3.05, 3.63) is 36.9 Å². The molecule has 53 valence electrons. The molecular formula is C7H5F2O. The summed E-state index contributed by atoms with van der Waals surface area (Å²) in [7, 11) is 2.90. The molecule has 1 aromatic carbocycles. The molecule has 3 heteroatoms. The van der Waals surface area contributed by atoms with Crippen molar-refractivity contribution in [3.63, 3.8) is 0 Å². The van der Waals surface area contributed by atoms with Crippen molar-refractivity contribution in [1.82, 2.24) is 0 Å². The average molecular weight is 143 g/mol. The summed E-state index contributed by atoms with van der Waals surface area (Å²) >= 11 is 0. The van der Waals surface area contributed by atoms with Crippen LogP contribution in [0.25, 0.3) is 0 Å². The summed E-state index contributed by atoms with van der Waals surface area (Å²) in [6, 6.07) is 3.46. The Hall–Kier alpha value is -1.12. The molecule has 0 N–H and O–H groups in total. The largest absolute Gasteiger partial charge is 0.484 e. The van der Waals surface area contributed by atoms with E-state index < -0.39 is 17.4 Å². The molecule has 0 aliphatic carbocycles. The number of ether oxygens (including phenoxy) is 1. The summed E-state index contributed by atoms with van der Waals surface area (Å²) in [6.07, 6.45) is 0. The molecule has 0 bridgehead atoms. The highest BCUT2D eigenvalue weighted by Gasteiger charge is 2.06. The second-order valence-electron chi connectivity index (χ2n) is 1.70. The third-order valence-electron chi connectivity index (χ3n) is 1.06. The molecule has 0 saturated heterocycles. The van der Waals surface area contributed by atoms with E-state index in [-0.39, 0.29) is 0 Å². The Kier molecular flexibility index (Phi) is 1.85. The van der Waals surface area contributed by atoms with E-state index in [0.29, 0.717) is 0 Å². The van der Waals surface area contributed by atoms with Gasteiger partial charge in [-0.3, -0.25) is 0 Å². The van der Waals surface area contributed by atoms with E-state index in [4.69, 9.17) is 0 Å². The molecule has 0 spiro atoms. The molecule has 1 aromatic rings. The quantitative estimate of drug-likeness (QED) is 0.585. The van der Waals surface area contributed by atoms with Gasteiger partial charge in [0.1, 0.15) is 7.11 Å². The number of benzene rings is 1. The number of hydrogen-bond donors (Lipinski definition) is 0. The maximum absolute atomic E-state index is 12.4. The van der Waals surface area contributed by atoms with Crippen LogP contribution in [0.3, 0.4) is 0 Å². The first-order chi connectivity index (χ1) is 4.75. The molecule has 0 aliphatic rings. The summed E-state index contributed by atoms with van der Waals surface area (Å²) in [5, 5.41) is 0. The van der Waals surface area contributed by atoms with E-state index in [9.17, 15) is 8.78 Å². The molecule has 10 heavy (non-hydrogen) atoms. The monoisotopic (exact) mass is 143 g/mol. The first-order valence-electron chi connectivity index (χ1n) is 2.61. The highest BCUT2D eigenvalue weighted by molar-refractivity contribution is 5.25. The lowest BCUT2D eigenvalue weighted by Crippen LogP contribution is -1.88. The topological polar surface area (TPSA) is 9.23 Å². The first kappa shape index (κ1) is 6.99. The van der Waals surface area contributed by atoms with E-state index in [1.165, 1.54) is 6.07 Å². The average Bonchev–Trinajstić information content (AvgIpc) is 1.88. The third kappa shape index (κ3) is 1.07. The molecule has 0 aliphatic heterocycles. The number of para-hydroxylation sites is 1. The minimum absolute atomic E-state index is 0.442. The molecule has 1 rings (SSSR count). The number of rotatable bonds is 1. The van der Waals surface area contributed by atoms with E-state index >= 15 is 0 Å². The minimum Gasteiger partial charge on any atom is -0.484 e. The fourth-order valence-corrected chi connectivity index (χ4v) is 0.620. The fourth-order valence-electron chi connectivity index (χ4n) is 0.620. The Labute approximate surface area is 57.2 Å². The Morgan fingerprint density at radius 3 is 2.00 bits per heavy atom. The third-order valence-corrected chi connectivity index (χ3v) is 1.06. The zero-order valence-corrected chi connectivity index (χ0v) is 5.10. The van der Waals surface area contributed by atoms with Crippen molar-refractivity contribution in [1.29, 1.82) is 0 Å². The van der Waals surface area contributed by atoms with Gasteiger partial charge in [-0.2, -0.15) is 0 Å². The highest BCUT2D eigenvalue weighted by Crippen LogP contribution is 2.19. The van der Waals surface area contributed by atoms with Crippen LogP contribution in [0.1, 0.15) is 0 Å². The van der Waals surface area contributed by atoms with Crippen molar-refractivity contribution in [2.75, 3.05) is 0 Å². The molecule has 1 radical (unpaired) electrons. The summed E-state index contributed by atoms with van der Waals surface area (Å²) in [6.45, 7) is 0. The molecule has 0 unspecified atom stereocenters. The van der Waals surface area contributed by atoms with Crippen LogP contribution in [0.15, 0.2) is 18.2 Å². The van der Waals surface area contributed by atoms with Gasteiger partial charge in [0.15, 0.2) is 17.4 Å². The lowest BCUT2D eigenvalue weighted by atomic mass is 10.3. The van der Waals surface area contributed by atoms with Gasteiger partial charge < -0.3 is 4.74 Å².